The number of piperidine rings is 1. The van der Waals surface area contributed by atoms with Crippen molar-refractivity contribution in [2.75, 3.05) is 18.4 Å². The molecule has 132 valence electrons. The van der Waals surface area contributed by atoms with E-state index in [4.69, 9.17) is 5.73 Å². The monoisotopic (exact) mass is 351 g/mol. The van der Waals surface area contributed by atoms with Gasteiger partial charge >= 0.3 is 0 Å². The minimum Gasteiger partial charge on any atom is -0.339 e. The molecule has 1 heterocycles. The molecule has 1 saturated heterocycles. The maximum Gasteiger partial charge on any atom is 0.253 e. The van der Waals surface area contributed by atoms with E-state index in [1.54, 1.807) is 6.07 Å². The molecule has 2 fully saturated rings. The van der Waals surface area contributed by atoms with E-state index in [1.165, 1.54) is 6.42 Å². The number of nitrogens with one attached hydrogen (secondary N) is 1. The summed E-state index contributed by atoms with van der Waals surface area (Å²) in [6.45, 7) is 1.66. The zero-order valence-corrected chi connectivity index (χ0v) is 14.7. The van der Waals surface area contributed by atoms with Crippen LogP contribution in [-0.2, 0) is 4.79 Å². The molecule has 3 rings (SSSR count). The second kappa shape index (κ2) is 8.49. The summed E-state index contributed by atoms with van der Waals surface area (Å²) in [5.41, 5.74) is 7.21. The van der Waals surface area contributed by atoms with Gasteiger partial charge < -0.3 is 16.0 Å². The summed E-state index contributed by atoms with van der Waals surface area (Å²) in [6, 6.07) is 7.40. The second-order valence-electron chi connectivity index (χ2n) is 6.69. The Morgan fingerprint density at radius 2 is 1.88 bits per heavy atom. The van der Waals surface area contributed by atoms with Crippen molar-refractivity contribution in [3.63, 3.8) is 0 Å². The summed E-state index contributed by atoms with van der Waals surface area (Å²) >= 11 is 0. The van der Waals surface area contributed by atoms with E-state index in [0.29, 0.717) is 11.3 Å². The summed E-state index contributed by atoms with van der Waals surface area (Å²) in [5, 5.41) is 2.94. The number of nitrogens with zero attached hydrogens (tertiary/aromatic N) is 1. The lowest BCUT2D eigenvalue weighted by Crippen LogP contribution is -2.35. The zero-order valence-electron chi connectivity index (χ0n) is 13.9. The van der Waals surface area contributed by atoms with E-state index in [1.807, 2.05) is 23.1 Å². The molecule has 1 aliphatic heterocycles. The van der Waals surface area contributed by atoms with Crippen LogP contribution in [0.3, 0.4) is 0 Å². The molecule has 1 aromatic carbocycles. The van der Waals surface area contributed by atoms with Crippen LogP contribution in [0.15, 0.2) is 24.3 Å². The highest BCUT2D eigenvalue weighted by molar-refractivity contribution is 5.97. The van der Waals surface area contributed by atoms with Gasteiger partial charge in [-0.3, -0.25) is 9.59 Å². The number of nitrogens with two attached hydrogens (primary N) is 1. The molecule has 1 aromatic rings. The van der Waals surface area contributed by atoms with Crippen LogP contribution in [0.1, 0.15) is 48.9 Å². The van der Waals surface area contributed by atoms with Crippen molar-refractivity contribution >= 4 is 29.9 Å². The standard InChI is InChI=1S/C18H25N3O2.ClH/c19-15-8-7-13(11-15)17(22)20-16-6-4-5-14(12-16)18(23)21-9-2-1-3-10-21;/h4-6,12-13,15H,1-3,7-11,19H2,(H,20,22);1H. The highest BCUT2D eigenvalue weighted by Gasteiger charge is 2.28. The number of halogens is 1. The number of hydrogen-bond donors (Lipinski definition) is 2. The normalized spacial score (nSPS) is 23.5. The van der Waals surface area contributed by atoms with Crippen molar-refractivity contribution in [1.82, 2.24) is 4.90 Å². The summed E-state index contributed by atoms with van der Waals surface area (Å²) in [5.74, 6) is 0.0654. The van der Waals surface area contributed by atoms with Gasteiger partial charge in [-0.05, 0) is 56.7 Å². The Labute approximate surface area is 149 Å². The van der Waals surface area contributed by atoms with Gasteiger partial charge in [0.05, 0.1) is 0 Å². The van der Waals surface area contributed by atoms with E-state index >= 15 is 0 Å². The van der Waals surface area contributed by atoms with Gasteiger partial charge in [0, 0.05) is 36.3 Å². The van der Waals surface area contributed by atoms with Crippen molar-refractivity contribution in [2.24, 2.45) is 11.7 Å². The lowest BCUT2D eigenvalue weighted by molar-refractivity contribution is -0.119. The van der Waals surface area contributed by atoms with Crippen LogP contribution >= 0.6 is 12.4 Å². The summed E-state index contributed by atoms with van der Waals surface area (Å²) in [4.78, 5) is 26.7. The fraction of sp³-hybridized carbons (Fsp3) is 0.556. The van der Waals surface area contributed by atoms with Crippen molar-refractivity contribution in [3.05, 3.63) is 29.8 Å². The van der Waals surface area contributed by atoms with E-state index in [0.717, 1.165) is 45.2 Å². The Hall–Kier alpha value is -1.59. The smallest absolute Gasteiger partial charge is 0.253 e. The first-order valence-electron chi connectivity index (χ1n) is 8.59. The van der Waals surface area contributed by atoms with Crippen molar-refractivity contribution in [2.45, 2.75) is 44.6 Å². The molecule has 0 spiro atoms. The topological polar surface area (TPSA) is 75.4 Å². The number of benzene rings is 1. The van der Waals surface area contributed by atoms with Crippen LogP contribution in [-0.4, -0.2) is 35.8 Å². The average molecular weight is 352 g/mol. The molecule has 2 aliphatic rings. The number of likely N-dealkylation sites (tertiary alicyclic amines) is 1. The predicted molar refractivity (Wildman–Crippen MR) is 97.4 cm³/mol. The minimum atomic E-state index is -0.00791. The van der Waals surface area contributed by atoms with E-state index < -0.39 is 0 Å². The lowest BCUT2D eigenvalue weighted by Gasteiger charge is -2.26. The van der Waals surface area contributed by atoms with Gasteiger partial charge in [0.2, 0.25) is 5.91 Å². The molecule has 0 bridgehead atoms. The highest BCUT2D eigenvalue weighted by Crippen LogP contribution is 2.25. The van der Waals surface area contributed by atoms with Gasteiger partial charge in [-0.1, -0.05) is 6.07 Å². The second-order valence-corrected chi connectivity index (χ2v) is 6.69. The molecule has 2 unspecified atom stereocenters. The Morgan fingerprint density at radius 1 is 1.12 bits per heavy atom. The SMILES string of the molecule is Cl.NC1CCC(C(=O)Nc2cccc(C(=O)N3CCCCC3)c2)C1. The number of anilines is 1. The Morgan fingerprint density at radius 3 is 2.54 bits per heavy atom. The van der Waals surface area contributed by atoms with Crippen LogP contribution in [0.2, 0.25) is 0 Å². The van der Waals surface area contributed by atoms with Crippen LogP contribution in [0.4, 0.5) is 5.69 Å². The van der Waals surface area contributed by atoms with Crippen molar-refractivity contribution in [1.29, 1.82) is 0 Å². The Bertz CT molecular complexity index is 587. The summed E-state index contributed by atoms with van der Waals surface area (Å²) in [7, 11) is 0. The van der Waals surface area contributed by atoms with E-state index in [-0.39, 0.29) is 36.2 Å². The van der Waals surface area contributed by atoms with Crippen molar-refractivity contribution < 1.29 is 9.59 Å². The van der Waals surface area contributed by atoms with Crippen LogP contribution < -0.4 is 11.1 Å². The first-order chi connectivity index (χ1) is 11.1. The van der Waals surface area contributed by atoms with Gasteiger partial charge in [0.1, 0.15) is 0 Å². The van der Waals surface area contributed by atoms with Crippen LogP contribution in [0.5, 0.6) is 0 Å². The van der Waals surface area contributed by atoms with Gasteiger partial charge in [0.25, 0.3) is 5.91 Å². The quantitative estimate of drug-likeness (QED) is 0.879. The van der Waals surface area contributed by atoms with Crippen LogP contribution in [0.25, 0.3) is 0 Å². The van der Waals surface area contributed by atoms with Gasteiger partial charge in [-0.2, -0.15) is 0 Å². The summed E-state index contributed by atoms with van der Waals surface area (Å²) < 4.78 is 0. The van der Waals surface area contributed by atoms with Crippen LogP contribution in [0, 0.1) is 5.92 Å². The zero-order chi connectivity index (χ0) is 16.2. The van der Waals surface area contributed by atoms with Gasteiger partial charge in [-0.25, -0.2) is 0 Å². The Balaban J connectivity index is 0.00000208. The fourth-order valence-corrected chi connectivity index (χ4v) is 3.51. The molecule has 24 heavy (non-hydrogen) atoms. The molecule has 0 radical (unpaired) electrons. The first kappa shape index (κ1) is 18.7. The third-order valence-electron chi connectivity index (χ3n) is 4.86. The number of carbonyl (C=O) groups is 2. The molecule has 1 aliphatic carbocycles. The molecule has 3 N–H and O–H groups in total. The average Bonchev–Trinajstić information content (AvgIpc) is 3.02. The maximum atomic E-state index is 12.5. The highest BCUT2D eigenvalue weighted by atomic mass is 35.5. The fourth-order valence-electron chi connectivity index (χ4n) is 3.51. The lowest BCUT2D eigenvalue weighted by atomic mass is 10.1. The molecule has 0 aromatic heterocycles. The van der Waals surface area contributed by atoms with E-state index in [2.05, 4.69) is 5.32 Å². The number of rotatable bonds is 3. The largest absolute Gasteiger partial charge is 0.339 e. The molecule has 2 amide bonds. The van der Waals surface area contributed by atoms with Gasteiger partial charge in [0.15, 0.2) is 0 Å². The molecule has 1 saturated carbocycles. The Kier molecular flexibility index (Phi) is 6.63. The minimum absolute atomic E-state index is 0. The number of amides is 2. The van der Waals surface area contributed by atoms with E-state index in [9.17, 15) is 9.59 Å². The number of hydrogen-bond acceptors (Lipinski definition) is 3. The summed E-state index contributed by atoms with van der Waals surface area (Å²) in [6.07, 6.45) is 5.85. The molecule has 2 atom stereocenters. The molecule has 6 heteroatoms. The first-order valence-corrected chi connectivity index (χ1v) is 8.59. The molecular formula is C18H26ClN3O2. The number of carbonyl (C=O) groups excluding carboxylic acids is 2. The third kappa shape index (κ3) is 4.48. The van der Waals surface area contributed by atoms with Gasteiger partial charge in [-0.15, -0.1) is 12.4 Å². The maximum absolute atomic E-state index is 12.5. The van der Waals surface area contributed by atoms with Crippen molar-refractivity contribution in [3.8, 4) is 0 Å². The predicted octanol–water partition coefficient (Wildman–Crippen LogP) is 2.80. The molecular weight excluding hydrogens is 326 g/mol. The third-order valence-corrected chi connectivity index (χ3v) is 4.86. The molecule has 5 nitrogen and oxygen atoms in total.